The van der Waals surface area contributed by atoms with Gasteiger partial charge in [-0.05, 0) is 30.7 Å². The second-order valence-electron chi connectivity index (χ2n) is 5.90. The van der Waals surface area contributed by atoms with Crippen molar-refractivity contribution in [3.8, 4) is 0 Å². The van der Waals surface area contributed by atoms with Crippen LogP contribution >= 0.6 is 23.1 Å². The van der Waals surface area contributed by atoms with Crippen molar-refractivity contribution in [1.29, 1.82) is 0 Å². The van der Waals surface area contributed by atoms with Crippen LogP contribution in [0, 0.1) is 6.92 Å². The van der Waals surface area contributed by atoms with Crippen molar-refractivity contribution in [2.24, 2.45) is 0 Å². The summed E-state index contributed by atoms with van der Waals surface area (Å²) in [7, 11) is 0. The number of amides is 2. The summed E-state index contributed by atoms with van der Waals surface area (Å²) in [5.41, 5.74) is 3.48. The number of thioether (sulfide) groups is 1. The zero-order valence-electron chi connectivity index (χ0n) is 14.8. The second-order valence-corrected chi connectivity index (χ2v) is 7.78. The number of nitrogens with zero attached hydrogens (tertiary/aromatic N) is 1. The molecule has 1 heterocycles. The molecule has 138 valence electrons. The lowest BCUT2D eigenvalue weighted by atomic mass is 10.2. The minimum atomic E-state index is -0.255. The highest BCUT2D eigenvalue weighted by molar-refractivity contribution is 7.99. The number of carbonyl (C=O) groups is 2. The summed E-state index contributed by atoms with van der Waals surface area (Å²) in [6, 6.07) is 15.1. The van der Waals surface area contributed by atoms with Crippen LogP contribution in [0.25, 0.3) is 0 Å². The van der Waals surface area contributed by atoms with E-state index in [4.69, 9.17) is 0 Å². The molecule has 3 rings (SSSR count). The molecule has 27 heavy (non-hydrogen) atoms. The maximum atomic E-state index is 12.2. The van der Waals surface area contributed by atoms with E-state index in [9.17, 15) is 9.59 Å². The number of aromatic nitrogens is 1. The lowest BCUT2D eigenvalue weighted by Crippen LogP contribution is -2.16. The molecule has 0 fully saturated rings. The first-order valence-electron chi connectivity index (χ1n) is 8.34. The average Bonchev–Trinajstić information content (AvgIpc) is 3.16. The molecule has 5 nitrogen and oxygen atoms in total. The molecule has 0 saturated carbocycles. The highest BCUT2D eigenvalue weighted by Gasteiger charge is 2.09. The van der Waals surface area contributed by atoms with Gasteiger partial charge in [0.15, 0.2) is 5.13 Å². The van der Waals surface area contributed by atoms with Crippen LogP contribution in [-0.2, 0) is 10.5 Å². The van der Waals surface area contributed by atoms with Gasteiger partial charge in [-0.15, -0.1) is 23.1 Å². The summed E-state index contributed by atoms with van der Waals surface area (Å²) < 4.78 is 0. The Morgan fingerprint density at radius 1 is 1.11 bits per heavy atom. The van der Waals surface area contributed by atoms with E-state index in [1.807, 2.05) is 0 Å². The Balaban J connectivity index is 1.50. The normalized spacial score (nSPS) is 10.4. The molecule has 0 radical (unpaired) electrons. The molecular formula is C20H19N3O2S2. The molecule has 2 aromatic carbocycles. The van der Waals surface area contributed by atoms with Gasteiger partial charge in [0.1, 0.15) is 0 Å². The topological polar surface area (TPSA) is 71.1 Å². The highest BCUT2D eigenvalue weighted by atomic mass is 32.2. The first-order chi connectivity index (χ1) is 13.1. The van der Waals surface area contributed by atoms with Crippen LogP contribution in [0.2, 0.25) is 0 Å². The number of nitrogens with one attached hydrogen (secondary N) is 2. The molecule has 2 N–H and O–H groups in total. The summed E-state index contributed by atoms with van der Waals surface area (Å²) in [5.74, 6) is 0.785. The summed E-state index contributed by atoms with van der Waals surface area (Å²) in [4.78, 5) is 28.4. The van der Waals surface area contributed by atoms with E-state index in [1.54, 1.807) is 47.6 Å². The summed E-state index contributed by atoms with van der Waals surface area (Å²) in [5, 5.41) is 7.90. The summed E-state index contributed by atoms with van der Waals surface area (Å²) >= 11 is 2.91. The predicted molar refractivity (Wildman–Crippen MR) is 112 cm³/mol. The van der Waals surface area contributed by atoms with Gasteiger partial charge in [-0.1, -0.05) is 35.9 Å². The van der Waals surface area contributed by atoms with E-state index >= 15 is 0 Å². The standard InChI is InChI=1S/C20H19N3O2S2/c1-14-5-7-15(8-6-14)12-26-13-18(24)22-17-4-2-3-16(11-17)19(25)23-20-21-9-10-27-20/h2-11H,12-13H2,1H3,(H,22,24)(H,21,23,25). The SMILES string of the molecule is Cc1ccc(CSCC(=O)Nc2cccc(C(=O)Nc3nccs3)c2)cc1. The number of hydrogen-bond acceptors (Lipinski definition) is 5. The fourth-order valence-electron chi connectivity index (χ4n) is 2.34. The van der Waals surface area contributed by atoms with Crippen LogP contribution in [0.1, 0.15) is 21.5 Å². The van der Waals surface area contributed by atoms with Crippen LogP contribution in [-0.4, -0.2) is 22.6 Å². The van der Waals surface area contributed by atoms with E-state index < -0.39 is 0 Å². The van der Waals surface area contributed by atoms with Gasteiger partial charge in [0.25, 0.3) is 5.91 Å². The second kappa shape index (κ2) is 9.34. The molecule has 2 amide bonds. The van der Waals surface area contributed by atoms with Crippen molar-refractivity contribution < 1.29 is 9.59 Å². The van der Waals surface area contributed by atoms with Crippen molar-refractivity contribution in [1.82, 2.24) is 4.98 Å². The predicted octanol–water partition coefficient (Wildman–Crippen LogP) is 4.58. The Kier molecular flexibility index (Phi) is 6.62. The third-order valence-corrected chi connectivity index (χ3v) is 5.38. The van der Waals surface area contributed by atoms with Crippen molar-refractivity contribution >= 4 is 45.7 Å². The first-order valence-corrected chi connectivity index (χ1v) is 10.4. The van der Waals surface area contributed by atoms with Gasteiger partial charge in [-0.25, -0.2) is 4.98 Å². The zero-order chi connectivity index (χ0) is 19.1. The molecule has 0 bridgehead atoms. The molecule has 1 aromatic heterocycles. The smallest absolute Gasteiger partial charge is 0.257 e. The maximum absolute atomic E-state index is 12.2. The number of thiazole rings is 1. The molecule has 0 atom stereocenters. The van der Waals surface area contributed by atoms with Gasteiger partial charge in [0, 0.05) is 28.6 Å². The van der Waals surface area contributed by atoms with E-state index in [1.165, 1.54) is 22.5 Å². The fourth-order valence-corrected chi connectivity index (χ4v) is 3.65. The van der Waals surface area contributed by atoms with Crippen LogP contribution in [0.5, 0.6) is 0 Å². The number of carbonyl (C=O) groups excluding carboxylic acids is 2. The first kappa shape index (κ1) is 19.1. The molecule has 0 aliphatic carbocycles. The monoisotopic (exact) mass is 397 g/mol. The minimum absolute atomic E-state index is 0.0930. The Morgan fingerprint density at radius 3 is 2.67 bits per heavy atom. The highest BCUT2D eigenvalue weighted by Crippen LogP contribution is 2.17. The van der Waals surface area contributed by atoms with E-state index in [2.05, 4.69) is 46.8 Å². The van der Waals surface area contributed by atoms with Crippen molar-refractivity contribution in [2.45, 2.75) is 12.7 Å². The Bertz CT molecular complexity index is 909. The summed E-state index contributed by atoms with van der Waals surface area (Å²) in [6.45, 7) is 2.05. The summed E-state index contributed by atoms with van der Waals surface area (Å²) in [6.07, 6.45) is 1.63. The average molecular weight is 398 g/mol. The molecule has 0 saturated heterocycles. The fraction of sp³-hybridized carbons (Fsp3) is 0.150. The molecule has 0 unspecified atom stereocenters. The molecule has 0 aliphatic rings. The van der Waals surface area contributed by atoms with Crippen molar-refractivity contribution in [3.63, 3.8) is 0 Å². The Labute approximate surface area is 166 Å². The molecule has 0 spiro atoms. The van der Waals surface area contributed by atoms with Gasteiger partial charge in [-0.2, -0.15) is 0 Å². The maximum Gasteiger partial charge on any atom is 0.257 e. The quantitative estimate of drug-likeness (QED) is 0.612. The van der Waals surface area contributed by atoms with Crippen LogP contribution in [0.4, 0.5) is 10.8 Å². The Hall–Kier alpha value is -2.64. The Morgan fingerprint density at radius 2 is 1.93 bits per heavy atom. The van der Waals surface area contributed by atoms with Crippen LogP contribution in [0.15, 0.2) is 60.1 Å². The van der Waals surface area contributed by atoms with Crippen LogP contribution < -0.4 is 10.6 Å². The van der Waals surface area contributed by atoms with E-state index in [0.29, 0.717) is 22.1 Å². The molecule has 3 aromatic rings. The van der Waals surface area contributed by atoms with Gasteiger partial charge < -0.3 is 5.32 Å². The van der Waals surface area contributed by atoms with Gasteiger partial charge in [0.2, 0.25) is 5.91 Å². The zero-order valence-corrected chi connectivity index (χ0v) is 16.4. The van der Waals surface area contributed by atoms with Crippen molar-refractivity contribution in [3.05, 3.63) is 76.8 Å². The third kappa shape index (κ3) is 5.94. The lowest BCUT2D eigenvalue weighted by molar-refractivity contribution is -0.113. The van der Waals surface area contributed by atoms with Gasteiger partial charge >= 0.3 is 0 Å². The number of hydrogen-bond donors (Lipinski definition) is 2. The van der Waals surface area contributed by atoms with Gasteiger partial charge in [0.05, 0.1) is 5.75 Å². The molecule has 0 aliphatic heterocycles. The van der Waals surface area contributed by atoms with E-state index in [-0.39, 0.29) is 11.8 Å². The van der Waals surface area contributed by atoms with Crippen LogP contribution in [0.3, 0.4) is 0 Å². The number of benzene rings is 2. The molecule has 7 heteroatoms. The molecular weight excluding hydrogens is 378 g/mol. The van der Waals surface area contributed by atoms with Crippen molar-refractivity contribution in [2.75, 3.05) is 16.4 Å². The minimum Gasteiger partial charge on any atom is -0.325 e. The lowest BCUT2D eigenvalue weighted by Gasteiger charge is -2.08. The third-order valence-electron chi connectivity index (χ3n) is 3.68. The van der Waals surface area contributed by atoms with Gasteiger partial charge in [-0.3, -0.25) is 14.9 Å². The van der Waals surface area contributed by atoms with E-state index in [0.717, 1.165) is 5.75 Å². The number of aryl methyl sites for hydroxylation is 1. The largest absolute Gasteiger partial charge is 0.325 e. The number of anilines is 2. The number of rotatable bonds is 7.